The molecule has 0 spiro atoms. The Balaban J connectivity index is 2.35. The number of thioether (sulfide) groups is 1. The van der Waals surface area contributed by atoms with Gasteiger partial charge in [0.05, 0.1) is 6.20 Å². The Labute approximate surface area is 84.4 Å². The normalized spacial score (nSPS) is 10.9. The van der Waals surface area contributed by atoms with Crippen LogP contribution in [0.5, 0.6) is 0 Å². The largest absolute Gasteiger partial charge is 0.325 e. The molecule has 14 heavy (non-hydrogen) atoms. The first-order chi connectivity index (χ1) is 6.79. The minimum Gasteiger partial charge on any atom is -0.303 e. The summed E-state index contributed by atoms with van der Waals surface area (Å²) in [6.45, 7) is 2.10. The van der Waals surface area contributed by atoms with Crippen LogP contribution in [0, 0.1) is 0 Å². The molecule has 0 atom stereocenters. The van der Waals surface area contributed by atoms with E-state index in [4.69, 9.17) is 0 Å². The number of nitrogens with zero attached hydrogens (tertiary/aromatic N) is 2. The molecule has 0 aliphatic carbocycles. The van der Waals surface area contributed by atoms with E-state index in [0.29, 0.717) is 16.3 Å². The number of hydrogen-bond donors (Lipinski definition) is 2. The molecule has 0 aliphatic heterocycles. The Morgan fingerprint density at radius 1 is 1.50 bits per heavy atom. The second-order valence-electron chi connectivity index (χ2n) is 2.84. The fourth-order valence-corrected chi connectivity index (χ4v) is 1.75. The molecule has 2 N–H and O–H groups in total. The summed E-state index contributed by atoms with van der Waals surface area (Å²) in [5.41, 5.74) is 0.978. The summed E-state index contributed by atoms with van der Waals surface area (Å²) in [7, 11) is 0. The predicted octanol–water partition coefficient (Wildman–Crippen LogP) is 1.15. The van der Waals surface area contributed by atoms with Gasteiger partial charge in [-0.3, -0.25) is 4.98 Å². The molecule has 0 radical (unpaired) electrons. The zero-order chi connectivity index (χ0) is 9.97. The zero-order valence-electron chi connectivity index (χ0n) is 7.70. The Hall–Kier alpha value is -1.30. The van der Waals surface area contributed by atoms with E-state index in [1.807, 2.05) is 0 Å². The molecule has 0 amide bonds. The predicted molar refractivity (Wildman–Crippen MR) is 55.5 cm³/mol. The molecular formula is C8H10N4OS. The van der Waals surface area contributed by atoms with Gasteiger partial charge in [-0.25, -0.2) is 14.8 Å². The van der Waals surface area contributed by atoms with Crippen LogP contribution in [0.2, 0.25) is 0 Å². The summed E-state index contributed by atoms with van der Waals surface area (Å²) >= 11 is 1.59. The summed E-state index contributed by atoms with van der Waals surface area (Å²) in [6, 6.07) is 0. The van der Waals surface area contributed by atoms with Crippen molar-refractivity contribution in [1.29, 1.82) is 0 Å². The van der Waals surface area contributed by atoms with Gasteiger partial charge in [-0.1, -0.05) is 18.7 Å². The fraction of sp³-hybridized carbons (Fsp3) is 0.375. The van der Waals surface area contributed by atoms with Gasteiger partial charge in [-0.05, 0) is 6.42 Å². The maximum absolute atomic E-state index is 10.9. The van der Waals surface area contributed by atoms with Crippen molar-refractivity contribution in [3.05, 3.63) is 16.7 Å². The Morgan fingerprint density at radius 3 is 3.14 bits per heavy atom. The van der Waals surface area contributed by atoms with Gasteiger partial charge in [-0.15, -0.1) is 0 Å². The quantitative estimate of drug-likeness (QED) is 0.588. The molecule has 2 heterocycles. The van der Waals surface area contributed by atoms with Crippen LogP contribution in [0.15, 0.2) is 16.1 Å². The number of aromatic amines is 2. The second-order valence-corrected chi connectivity index (χ2v) is 3.90. The smallest absolute Gasteiger partial charge is 0.303 e. The summed E-state index contributed by atoms with van der Waals surface area (Å²) in [5, 5.41) is 0.703. The molecule has 2 aromatic heterocycles. The van der Waals surface area contributed by atoms with Crippen LogP contribution < -0.4 is 5.69 Å². The molecule has 0 unspecified atom stereocenters. The molecular weight excluding hydrogens is 200 g/mol. The van der Waals surface area contributed by atoms with Gasteiger partial charge in [-0.2, -0.15) is 0 Å². The number of imidazole rings is 1. The van der Waals surface area contributed by atoms with E-state index in [1.54, 1.807) is 18.0 Å². The van der Waals surface area contributed by atoms with Crippen LogP contribution in [-0.4, -0.2) is 25.7 Å². The average Bonchev–Trinajstić information content (AvgIpc) is 2.54. The minimum absolute atomic E-state index is 0.244. The molecule has 5 nitrogen and oxygen atoms in total. The third-order valence-corrected chi connectivity index (χ3v) is 2.75. The van der Waals surface area contributed by atoms with Gasteiger partial charge in [0.2, 0.25) is 0 Å². The van der Waals surface area contributed by atoms with Gasteiger partial charge >= 0.3 is 5.69 Å². The lowest BCUT2D eigenvalue weighted by atomic mass is 10.6. The molecule has 0 aliphatic rings. The molecule has 0 bridgehead atoms. The second kappa shape index (κ2) is 3.83. The average molecular weight is 210 g/mol. The lowest BCUT2D eigenvalue weighted by Gasteiger charge is -1.96. The van der Waals surface area contributed by atoms with Crippen LogP contribution in [0.1, 0.15) is 13.3 Å². The van der Waals surface area contributed by atoms with Crippen molar-refractivity contribution in [3.63, 3.8) is 0 Å². The Bertz CT molecular complexity index is 489. The molecule has 0 saturated carbocycles. The third-order valence-electron chi connectivity index (χ3n) is 1.68. The monoisotopic (exact) mass is 210 g/mol. The zero-order valence-corrected chi connectivity index (χ0v) is 8.52. The van der Waals surface area contributed by atoms with Crippen molar-refractivity contribution in [2.24, 2.45) is 0 Å². The number of nitrogens with one attached hydrogen (secondary N) is 2. The molecule has 74 valence electrons. The van der Waals surface area contributed by atoms with Crippen LogP contribution in [0.4, 0.5) is 0 Å². The first kappa shape index (κ1) is 9.26. The fourth-order valence-electron chi connectivity index (χ4n) is 1.08. The number of fused-ring (bicyclic) bond motifs is 1. The Kier molecular flexibility index (Phi) is 2.53. The number of rotatable bonds is 3. The topological polar surface area (TPSA) is 74.4 Å². The molecule has 0 saturated heterocycles. The summed E-state index contributed by atoms with van der Waals surface area (Å²) in [6.07, 6.45) is 2.70. The van der Waals surface area contributed by atoms with Crippen LogP contribution in [0.25, 0.3) is 11.2 Å². The van der Waals surface area contributed by atoms with E-state index in [9.17, 15) is 4.79 Å². The number of hydrogen-bond acceptors (Lipinski definition) is 4. The summed E-state index contributed by atoms with van der Waals surface area (Å²) < 4.78 is 0. The highest BCUT2D eigenvalue weighted by Crippen LogP contribution is 2.14. The minimum atomic E-state index is -0.244. The van der Waals surface area contributed by atoms with Crippen molar-refractivity contribution < 1.29 is 0 Å². The maximum Gasteiger partial charge on any atom is 0.325 e. The molecule has 6 heteroatoms. The van der Waals surface area contributed by atoms with Crippen molar-refractivity contribution in [2.45, 2.75) is 18.5 Å². The third kappa shape index (κ3) is 1.79. The molecule has 0 aromatic carbocycles. The van der Waals surface area contributed by atoms with Crippen LogP contribution in [0.3, 0.4) is 0 Å². The first-order valence-corrected chi connectivity index (χ1v) is 5.36. The lowest BCUT2D eigenvalue weighted by molar-refractivity contribution is 0.985. The van der Waals surface area contributed by atoms with Crippen molar-refractivity contribution in [3.8, 4) is 0 Å². The van der Waals surface area contributed by atoms with E-state index < -0.39 is 0 Å². The molecule has 0 fully saturated rings. The van der Waals surface area contributed by atoms with Gasteiger partial charge in [0, 0.05) is 5.75 Å². The molecule has 2 aromatic rings. The summed E-state index contributed by atoms with van der Waals surface area (Å²) in [5.74, 6) is 0.986. The number of H-pyrrole nitrogens is 2. The number of aromatic nitrogens is 4. The maximum atomic E-state index is 10.9. The van der Waals surface area contributed by atoms with E-state index in [2.05, 4.69) is 26.9 Å². The van der Waals surface area contributed by atoms with Gasteiger partial charge in [0.15, 0.2) is 10.8 Å². The lowest BCUT2D eigenvalue weighted by Crippen LogP contribution is -1.99. The van der Waals surface area contributed by atoms with Crippen LogP contribution >= 0.6 is 11.8 Å². The Morgan fingerprint density at radius 2 is 2.36 bits per heavy atom. The van der Waals surface area contributed by atoms with Gasteiger partial charge in [0.1, 0.15) is 5.52 Å². The molecule has 2 rings (SSSR count). The van der Waals surface area contributed by atoms with E-state index in [0.717, 1.165) is 12.2 Å². The van der Waals surface area contributed by atoms with E-state index in [-0.39, 0.29) is 5.69 Å². The highest BCUT2D eigenvalue weighted by Gasteiger charge is 2.02. The summed E-state index contributed by atoms with van der Waals surface area (Å²) in [4.78, 5) is 24.4. The van der Waals surface area contributed by atoms with Gasteiger partial charge < -0.3 is 4.98 Å². The van der Waals surface area contributed by atoms with E-state index >= 15 is 0 Å². The highest BCUT2D eigenvalue weighted by molar-refractivity contribution is 7.99. The van der Waals surface area contributed by atoms with Crippen LogP contribution in [-0.2, 0) is 0 Å². The van der Waals surface area contributed by atoms with E-state index in [1.165, 1.54) is 0 Å². The van der Waals surface area contributed by atoms with Crippen molar-refractivity contribution in [2.75, 3.05) is 5.75 Å². The highest BCUT2D eigenvalue weighted by atomic mass is 32.2. The SMILES string of the molecule is CCCSc1ncc2[nH]c(=O)[nH]c2n1. The first-order valence-electron chi connectivity index (χ1n) is 4.37. The standard InChI is InChI=1S/C8H10N4OS/c1-2-3-14-8-9-4-5-6(12-8)11-7(13)10-5/h4H,2-3H2,1H3,(H2,9,10,11,12,13). The van der Waals surface area contributed by atoms with Gasteiger partial charge in [0.25, 0.3) is 0 Å². The van der Waals surface area contributed by atoms with Crippen molar-refractivity contribution >= 4 is 22.9 Å². The van der Waals surface area contributed by atoms with Crippen molar-refractivity contribution in [1.82, 2.24) is 19.9 Å².